The Hall–Kier alpha value is -2.15. The summed E-state index contributed by atoms with van der Waals surface area (Å²) in [6.45, 7) is 6.29. The van der Waals surface area contributed by atoms with Crippen LogP contribution in [-0.2, 0) is 4.74 Å². The Morgan fingerprint density at radius 1 is 1.29 bits per heavy atom. The summed E-state index contributed by atoms with van der Waals surface area (Å²) < 4.78 is 10.8. The number of ether oxygens (including phenoxy) is 2. The van der Waals surface area contributed by atoms with Crippen molar-refractivity contribution in [2.75, 3.05) is 13.2 Å². The van der Waals surface area contributed by atoms with Gasteiger partial charge in [0.25, 0.3) is 0 Å². The van der Waals surface area contributed by atoms with E-state index in [1.807, 2.05) is 45.0 Å². The molecular weight excluding hydrogens is 302 g/mol. The highest BCUT2D eigenvalue weighted by Gasteiger charge is 2.15. The van der Waals surface area contributed by atoms with Crippen molar-refractivity contribution < 1.29 is 14.3 Å². The number of hydrogen-bond donors (Lipinski definition) is 1. The topological polar surface area (TPSA) is 47.6 Å². The van der Waals surface area contributed by atoms with E-state index < -0.39 is 11.7 Å². The van der Waals surface area contributed by atoms with E-state index in [2.05, 4.69) is 17.2 Å². The van der Waals surface area contributed by atoms with Crippen molar-refractivity contribution in [2.45, 2.75) is 52.1 Å². The SMILES string of the molecule is CC(C)(C)OC(=O)NCCOc1cccc(C#CC2CCCC2)c1. The molecule has 1 fully saturated rings. The van der Waals surface area contributed by atoms with Gasteiger partial charge in [-0.25, -0.2) is 4.79 Å². The molecule has 4 heteroatoms. The van der Waals surface area contributed by atoms with Crippen LogP contribution >= 0.6 is 0 Å². The minimum atomic E-state index is -0.489. The molecule has 0 aromatic heterocycles. The fourth-order valence-electron chi connectivity index (χ4n) is 2.56. The molecule has 0 unspecified atom stereocenters. The Morgan fingerprint density at radius 2 is 2.04 bits per heavy atom. The summed E-state index contributed by atoms with van der Waals surface area (Å²) in [5.74, 6) is 7.90. The van der Waals surface area contributed by atoms with E-state index >= 15 is 0 Å². The van der Waals surface area contributed by atoms with Crippen molar-refractivity contribution in [3.05, 3.63) is 29.8 Å². The summed E-state index contributed by atoms with van der Waals surface area (Å²) in [5.41, 5.74) is 0.483. The average Bonchev–Trinajstić information content (AvgIpc) is 3.02. The van der Waals surface area contributed by atoms with Gasteiger partial charge in [-0.1, -0.05) is 30.7 Å². The third-order valence-corrected chi connectivity index (χ3v) is 3.65. The molecule has 0 heterocycles. The second-order valence-corrected chi connectivity index (χ2v) is 7.06. The monoisotopic (exact) mass is 329 g/mol. The van der Waals surface area contributed by atoms with Crippen LogP contribution in [0.15, 0.2) is 24.3 Å². The van der Waals surface area contributed by atoms with Crippen molar-refractivity contribution in [2.24, 2.45) is 5.92 Å². The van der Waals surface area contributed by atoms with Gasteiger partial charge in [0.2, 0.25) is 0 Å². The summed E-state index contributed by atoms with van der Waals surface area (Å²) in [6.07, 6.45) is 4.61. The lowest BCUT2D eigenvalue weighted by Gasteiger charge is -2.19. The fourth-order valence-corrected chi connectivity index (χ4v) is 2.56. The number of benzene rings is 1. The number of nitrogens with one attached hydrogen (secondary N) is 1. The number of alkyl carbamates (subject to hydrolysis) is 1. The van der Waals surface area contributed by atoms with E-state index in [1.54, 1.807) is 0 Å². The number of rotatable bonds is 4. The van der Waals surface area contributed by atoms with Crippen LogP contribution in [0.3, 0.4) is 0 Å². The highest BCUT2D eigenvalue weighted by molar-refractivity contribution is 5.67. The zero-order valence-electron chi connectivity index (χ0n) is 14.9. The minimum absolute atomic E-state index is 0.388. The second kappa shape index (κ2) is 8.63. The first-order valence-electron chi connectivity index (χ1n) is 8.64. The molecule has 1 aliphatic carbocycles. The van der Waals surface area contributed by atoms with Gasteiger partial charge in [-0.15, -0.1) is 0 Å². The summed E-state index contributed by atoms with van der Waals surface area (Å²) in [5, 5.41) is 2.67. The van der Waals surface area contributed by atoms with E-state index in [0.29, 0.717) is 19.1 Å². The van der Waals surface area contributed by atoms with Crippen LogP contribution in [0.25, 0.3) is 0 Å². The van der Waals surface area contributed by atoms with Crippen LogP contribution in [0.5, 0.6) is 5.75 Å². The van der Waals surface area contributed by atoms with E-state index in [0.717, 1.165) is 11.3 Å². The Bertz CT molecular complexity index is 601. The quantitative estimate of drug-likeness (QED) is 0.667. The van der Waals surface area contributed by atoms with Gasteiger partial charge in [-0.05, 0) is 51.8 Å². The Kier molecular flexibility index (Phi) is 6.54. The molecule has 1 amide bonds. The van der Waals surface area contributed by atoms with E-state index in [-0.39, 0.29) is 0 Å². The Morgan fingerprint density at radius 3 is 2.75 bits per heavy atom. The third-order valence-electron chi connectivity index (χ3n) is 3.65. The van der Waals surface area contributed by atoms with Crippen molar-refractivity contribution in [1.29, 1.82) is 0 Å². The fraction of sp³-hybridized carbons (Fsp3) is 0.550. The third kappa shape index (κ3) is 6.95. The maximum Gasteiger partial charge on any atom is 0.407 e. The summed E-state index contributed by atoms with van der Waals surface area (Å²) in [6, 6.07) is 7.77. The summed E-state index contributed by atoms with van der Waals surface area (Å²) in [4.78, 5) is 11.5. The summed E-state index contributed by atoms with van der Waals surface area (Å²) in [7, 11) is 0. The summed E-state index contributed by atoms with van der Waals surface area (Å²) >= 11 is 0. The first kappa shape index (κ1) is 18.2. The molecule has 0 saturated heterocycles. The molecular formula is C20H27NO3. The normalized spacial score (nSPS) is 14.6. The maximum atomic E-state index is 11.5. The molecule has 0 bridgehead atoms. The van der Waals surface area contributed by atoms with Gasteiger partial charge in [0.1, 0.15) is 18.0 Å². The van der Waals surface area contributed by atoms with Gasteiger partial charge in [-0.2, -0.15) is 0 Å². The van der Waals surface area contributed by atoms with Gasteiger partial charge in [0.15, 0.2) is 0 Å². The lowest BCUT2D eigenvalue weighted by molar-refractivity contribution is 0.0520. The number of carbonyl (C=O) groups is 1. The lowest BCUT2D eigenvalue weighted by atomic mass is 10.1. The average molecular weight is 329 g/mol. The van der Waals surface area contributed by atoms with Crippen LogP contribution in [0.2, 0.25) is 0 Å². The minimum Gasteiger partial charge on any atom is -0.492 e. The molecule has 1 aliphatic rings. The number of amides is 1. The number of hydrogen-bond acceptors (Lipinski definition) is 3. The highest BCUT2D eigenvalue weighted by atomic mass is 16.6. The molecule has 2 rings (SSSR count). The molecule has 1 N–H and O–H groups in total. The first-order valence-corrected chi connectivity index (χ1v) is 8.64. The Labute approximate surface area is 144 Å². The van der Waals surface area contributed by atoms with E-state index in [9.17, 15) is 4.79 Å². The van der Waals surface area contributed by atoms with Crippen LogP contribution in [0.4, 0.5) is 4.79 Å². The molecule has 0 spiro atoms. The molecule has 0 aliphatic heterocycles. The van der Waals surface area contributed by atoms with Crippen LogP contribution in [0.1, 0.15) is 52.0 Å². The highest BCUT2D eigenvalue weighted by Crippen LogP contribution is 2.24. The van der Waals surface area contributed by atoms with E-state index in [1.165, 1.54) is 25.7 Å². The molecule has 1 aromatic rings. The van der Waals surface area contributed by atoms with Crippen LogP contribution in [0, 0.1) is 17.8 Å². The first-order chi connectivity index (χ1) is 11.4. The molecule has 1 aromatic carbocycles. The second-order valence-electron chi connectivity index (χ2n) is 7.06. The molecule has 1 saturated carbocycles. The molecule has 24 heavy (non-hydrogen) atoms. The van der Waals surface area contributed by atoms with E-state index in [4.69, 9.17) is 9.47 Å². The smallest absolute Gasteiger partial charge is 0.407 e. The van der Waals surface area contributed by atoms with Gasteiger partial charge < -0.3 is 14.8 Å². The number of carbonyl (C=O) groups excluding carboxylic acids is 1. The molecule has 4 nitrogen and oxygen atoms in total. The molecule has 130 valence electrons. The van der Waals surface area contributed by atoms with Gasteiger partial charge in [0.05, 0.1) is 6.54 Å². The standard InChI is InChI=1S/C20H27NO3/c1-20(2,3)24-19(22)21-13-14-23-18-10-6-9-17(15-18)12-11-16-7-4-5-8-16/h6,9-10,15-16H,4-5,7-8,13-14H2,1-3H3,(H,21,22). The largest absolute Gasteiger partial charge is 0.492 e. The zero-order chi connectivity index (χ0) is 17.4. The lowest BCUT2D eigenvalue weighted by Crippen LogP contribution is -2.34. The van der Waals surface area contributed by atoms with Gasteiger partial charge >= 0.3 is 6.09 Å². The predicted molar refractivity (Wildman–Crippen MR) is 95.0 cm³/mol. The predicted octanol–water partition coefficient (Wildman–Crippen LogP) is 4.13. The molecule has 0 atom stereocenters. The van der Waals surface area contributed by atoms with Gasteiger partial charge in [0, 0.05) is 11.5 Å². The van der Waals surface area contributed by atoms with Crippen LogP contribution < -0.4 is 10.1 Å². The van der Waals surface area contributed by atoms with Crippen LogP contribution in [-0.4, -0.2) is 24.8 Å². The zero-order valence-corrected chi connectivity index (χ0v) is 14.9. The van der Waals surface area contributed by atoms with Crippen molar-refractivity contribution in [3.8, 4) is 17.6 Å². The van der Waals surface area contributed by atoms with Gasteiger partial charge in [-0.3, -0.25) is 0 Å². The molecule has 0 radical (unpaired) electrons. The van der Waals surface area contributed by atoms with Crippen molar-refractivity contribution in [1.82, 2.24) is 5.32 Å². The van der Waals surface area contributed by atoms with Crippen molar-refractivity contribution >= 4 is 6.09 Å². The van der Waals surface area contributed by atoms with Crippen molar-refractivity contribution in [3.63, 3.8) is 0 Å². The Balaban J connectivity index is 1.75. The maximum absolute atomic E-state index is 11.5.